The first-order chi connectivity index (χ1) is 12.3. The summed E-state index contributed by atoms with van der Waals surface area (Å²) in [6, 6.07) is 16.9. The second-order valence-corrected chi connectivity index (χ2v) is 5.66. The molecule has 0 unspecified atom stereocenters. The molecule has 1 aliphatic rings. The summed E-state index contributed by atoms with van der Waals surface area (Å²) in [6.45, 7) is 5.10. The molecule has 0 radical (unpaired) electrons. The van der Waals surface area contributed by atoms with Gasteiger partial charge in [0.1, 0.15) is 18.1 Å². The van der Waals surface area contributed by atoms with Gasteiger partial charge in [-0.1, -0.05) is 18.2 Å². The van der Waals surface area contributed by atoms with E-state index in [1.54, 1.807) is 0 Å². The van der Waals surface area contributed by atoms with E-state index in [9.17, 15) is 0 Å². The van der Waals surface area contributed by atoms with Crippen LogP contribution in [0, 0.1) is 0 Å². The van der Waals surface area contributed by atoms with Crippen molar-refractivity contribution in [2.75, 3.05) is 39.5 Å². The molecule has 0 aromatic heterocycles. The summed E-state index contributed by atoms with van der Waals surface area (Å²) >= 11 is 0. The van der Waals surface area contributed by atoms with Crippen LogP contribution in [-0.4, -0.2) is 50.4 Å². The Morgan fingerprint density at radius 1 is 1.00 bits per heavy atom. The largest absolute Gasteiger partial charge is 0.492 e. The minimum absolute atomic E-state index is 0.104. The molecule has 1 saturated heterocycles. The lowest BCUT2D eigenvalue weighted by Crippen LogP contribution is -2.38. The van der Waals surface area contributed by atoms with Crippen molar-refractivity contribution in [2.24, 2.45) is 10.7 Å². The smallest absolute Gasteiger partial charge is 0.292 e. The van der Waals surface area contributed by atoms with Gasteiger partial charge in [-0.3, -0.25) is 4.90 Å². The van der Waals surface area contributed by atoms with Gasteiger partial charge in [-0.25, -0.2) is 0 Å². The number of nitrogens with two attached hydrogens (primary N) is 1. The monoisotopic (exact) mass is 341 g/mol. The Hall–Kier alpha value is -2.57. The number of rotatable bonds is 6. The van der Waals surface area contributed by atoms with Crippen LogP contribution >= 0.6 is 0 Å². The van der Waals surface area contributed by atoms with Crippen LogP contribution in [0.25, 0.3) is 0 Å². The molecule has 0 aliphatic carbocycles. The number of nitrogens with zero attached hydrogens (tertiary/aromatic N) is 2. The van der Waals surface area contributed by atoms with E-state index < -0.39 is 0 Å². The molecular weight excluding hydrogens is 318 g/mol. The van der Waals surface area contributed by atoms with E-state index in [0.717, 1.165) is 44.3 Å². The third-order valence-electron chi connectivity index (χ3n) is 3.82. The Morgan fingerprint density at radius 2 is 1.68 bits per heavy atom. The van der Waals surface area contributed by atoms with Gasteiger partial charge in [0.25, 0.3) is 6.02 Å². The molecule has 0 bridgehead atoms. The number of morpholine rings is 1. The predicted octanol–water partition coefficient (Wildman–Crippen LogP) is 2.42. The third-order valence-corrected chi connectivity index (χ3v) is 3.82. The summed E-state index contributed by atoms with van der Waals surface area (Å²) in [5.74, 6) is 1.43. The maximum absolute atomic E-state index is 5.82. The van der Waals surface area contributed by atoms with Crippen LogP contribution in [0.4, 0.5) is 5.69 Å². The number of hydrogen-bond acceptors (Lipinski definition) is 5. The van der Waals surface area contributed by atoms with Gasteiger partial charge in [0, 0.05) is 19.6 Å². The summed E-state index contributed by atoms with van der Waals surface area (Å²) in [6.07, 6.45) is 0. The van der Waals surface area contributed by atoms with E-state index in [0.29, 0.717) is 12.4 Å². The van der Waals surface area contributed by atoms with Crippen molar-refractivity contribution in [3.63, 3.8) is 0 Å². The Bertz CT molecular complexity index is 668. The van der Waals surface area contributed by atoms with Crippen LogP contribution in [0.1, 0.15) is 0 Å². The van der Waals surface area contributed by atoms with Crippen LogP contribution in [0.5, 0.6) is 11.5 Å². The van der Waals surface area contributed by atoms with Gasteiger partial charge in [-0.15, -0.1) is 0 Å². The molecule has 132 valence electrons. The van der Waals surface area contributed by atoms with E-state index in [-0.39, 0.29) is 6.02 Å². The fourth-order valence-corrected chi connectivity index (χ4v) is 2.49. The zero-order chi connectivity index (χ0) is 17.3. The van der Waals surface area contributed by atoms with Crippen molar-refractivity contribution in [2.45, 2.75) is 0 Å². The van der Waals surface area contributed by atoms with Crippen molar-refractivity contribution < 1.29 is 14.2 Å². The molecule has 6 heteroatoms. The topological polar surface area (TPSA) is 69.3 Å². The molecule has 2 aromatic carbocycles. The van der Waals surface area contributed by atoms with Crippen molar-refractivity contribution >= 4 is 11.7 Å². The quantitative estimate of drug-likeness (QED) is 0.645. The lowest BCUT2D eigenvalue weighted by Gasteiger charge is -2.26. The highest BCUT2D eigenvalue weighted by molar-refractivity contribution is 5.77. The highest BCUT2D eigenvalue weighted by Crippen LogP contribution is 2.18. The second kappa shape index (κ2) is 9.05. The number of benzene rings is 2. The number of amidine groups is 1. The van der Waals surface area contributed by atoms with Crippen molar-refractivity contribution in [1.82, 2.24) is 4.90 Å². The van der Waals surface area contributed by atoms with Crippen molar-refractivity contribution in [3.05, 3.63) is 54.6 Å². The standard InChI is InChI=1S/C19H23N3O3/c20-19(21-16-4-2-1-3-5-16)25-18-8-6-17(7-9-18)24-15-12-22-10-13-23-14-11-22/h1-9H,10-15H2,(H2,20,21). The first-order valence-electron chi connectivity index (χ1n) is 8.40. The molecule has 0 spiro atoms. The molecule has 0 atom stereocenters. The van der Waals surface area contributed by atoms with E-state index in [1.807, 2.05) is 54.6 Å². The van der Waals surface area contributed by atoms with E-state index in [4.69, 9.17) is 19.9 Å². The van der Waals surface area contributed by atoms with Gasteiger partial charge in [-0.05, 0) is 36.4 Å². The summed E-state index contributed by atoms with van der Waals surface area (Å²) in [5.41, 5.74) is 6.57. The van der Waals surface area contributed by atoms with Crippen molar-refractivity contribution in [1.29, 1.82) is 0 Å². The average molecular weight is 341 g/mol. The Morgan fingerprint density at radius 3 is 2.40 bits per heavy atom. The number of hydrogen-bond donors (Lipinski definition) is 1. The Labute approximate surface area is 147 Å². The molecule has 1 fully saturated rings. The van der Waals surface area contributed by atoms with Gasteiger partial charge in [0.05, 0.1) is 18.9 Å². The molecule has 25 heavy (non-hydrogen) atoms. The second-order valence-electron chi connectivity index (χ2n) is 5.66. The first-order valence-corrected chi connectivity index (χ1v) is 8.40. The number of aliphatic imine (C=N–C) groups is 1. The summed E-state index contributed by atoms with van der Waals surface area (Å²) in [7, 11) is 0. The van der Waals surface area contributed by atoms with Crippen LogP contribution < -0.4 is 15.2 Å². The maximum Gasteiger partial charge on any atom is 0.292 e. The maximum atomic E-state index is 5.82. The minimum Gasteiger partial charge on any atom is -0.492 e. The lowest BCUT2D eigenvalue weighted by molar-refractivity contribution is 0.0322. The van der Waals surface area contributed by atoms with Gasteiger partial charge < -0.3 is 19.9 Å². The van der Waals surface area contributed by atoms with Crippen LogP contribution in [0.3, 0.4) is 0 Å². The third kappa shape index (κ3) is 5.77. The highest BCUT2D eigenvalue weighted by Gasteiger charge is 2.09. The zero-order valence-electron chi connectivity index (χ0n) is 14.1. The summed E-state index contributed by atoms with van der Waals surface area (Å²) in [5, 5.41) is 0. The van der Waals surface area contributed by atoms with Crippen LogP contribution in [0.2, 0.25) is 0 Å². The number of para-hydroxylation sites is 1. The van der Waals surface area contributed by atoms with E-state index >= 15 is 0 Å². The van der Waals surface area contributed by atoms with Gasteiger partial charge in [0.2, 0.25) is 0 Å². The van der Waals surface area contributed by atoms with Crippen LogP contribution in [-0.2, 0) is 4.74 Å². The predicted molar refractivity (Wildman–Crippen MR) is 97.5 cm³/mol. The van der Waals surface area contributed by atoms with Gasteiger partial charge in [0.15, 0.2) is 0 Å². The Kier molecular flexibility index (Phi) is 6.25. The van der Waals surface area contributed by atoms with E-state index in [2.05, 4.69) is 9.89 Å². The molecule has 1 heterocycles. The molecule has 1 aliphatic heterocycles. The SMILES string of the molecule is NC(=Nc1ccccc1)Oc1ccc(OCCN2CCOCC2)cc1. The fraction of sp³-hybridized carbons (Fsp3) is 0.316. The molecule has 2 N–H and O–H groups in total. The number of ether oxygens (including phenoxy) is 3. The lowest BCUT2D eigenvalue weighted by atomic mass is 10.3. The van der Waals surface area contributed by atoms with Crippen LogP contribution in [0.15, 0.2) is 59.6 Å². The molecule has 0 saturated carbocycles. The molecule has 6 nitrogen and oxygen atoms in total. The van der Waals surface area contributed by atoms with Gasteiger partial charge >= 0.3 is 0 Å². The normalized spacial score (nSPS) is 15.8. The molecular formula is C19H23N3O3. The Balaban J connectivity index is 1.46. The summed E-state index contributed by atoms with van der Waals surface area (Å²) < 4.78 is 16.6. The van der Waals surface area contributed by atoms with Crippen molar-refractivity contribution in [3.8, 4) is 11.5 Å². The highest BCUT2D eigenvalue weighted by atomic mass is 16.5. The molecule has 3 rings (SSSR count). The molecule has 2 aromatic rings. The minimum atomic E-state index is 0.104. The van der Waals surface area contributed by atoms with E-state index in [1.165, 1.54) is 0 Å². The zero-order valence-corrected chi connectivity index (χ0v) is 14.1. The van der Waals surface area contributed by atoms with Gasteiger partial charge in [-0.2, -0.15) is 4.99 Å². The molecule has 0 amide bonds. The fourth-order valence-electron chi connectivity index (χ4n) is 2.49. The average Bonchev–Trinajstić information content (AvgIpc) is 2.65. The first kappa shape index (κ1) is 17.3. The summed E-state index contributed by atoms with van der Waals surface area (Å²) in [4.78, 5) is 6.54.